The fourth-order valence-electron chi connectivity index (χ4n) is 1.43. The summed E-state index contributed by atoms with van der Waals surface area (Å²) in [6, 6.07) is 1.32. The quantitative estimate of drug-likeness (QED) is 0.895. The van der Waals surface area contributed by atoms with Crippen LogP contribution in [0.25, 0.3) is 0 Å². The summed E-state index contributed by atoms with van der Waals surface area (Å²) in [4.78, 5) is 13.5. The van der Waals surface area contributed by atoms with Crippen molar-refractivity contribution in [3.05, 3.63) is 17.0 Å². The van der Waals surface area contributed by atoms with Crippen LogP contribution in [-0.2, 0) is 10.0 Å². The third-order valence-corrected chi connectivity index (χ3v) is 4.47. The standard InChI is InChI=1S/C10H16N2O3S2/c1-7(2)5-12(3)10(13)8-4-9(16-6-8)17(11,14)15/h4,6-7H,5H2,1-3H3,(H2,11,14,15). The van der Waals surface area contributed by atoms with Crippen LogP contribution in [0.2, 0.25) is 0 Å². The molecule has 17 heavy (non-hydrogen) atoms. The highest BCUT2D eigenvalue weighted by molar-refractivity contribution is 7.91. The zero-order chi connectivity index (χ0) is 13.2. The van der Waals surface area contributed by atoms with E-state index in [1.165, 1.54) is 11.4 Å². The van der Waals surface area contributed by atoms with Crippen LogP contribution in [0.3, 0.4) is 0 Å². The van der Waals surface area contributed by atoms with Gasteiger partial charge in [0.15, 0.2) is 0 Å². The minimum atomic E-state index is -3.72. The van der Waals surface area contributed by atoms with E-state index in [9.17, 15) is 13.2 Å². The Labute approximate surface area is 105 Å². The van der Waals surface area contributed by atoms with Gasteiger partial charge >= 0.3 is 0 Å². The molecule has 2 N–H and O–H groups in total. The number of hydrogen-bond acceptors (Lipinski definition) is 4. The second-order valence-electron chi connectivity index (χ2n) is 4.28. The predicted molar refractivity (Wildman–Crippen MR) is 67.5 cm³/mol. The lowest BCUT2D eigenvalue weighted by Gasteiger charge is -2.18. The van der Waals surface area contributed by atoms with Gasteiger partial charge in [-0.3, -0.25) is 4.79 Å². The Hall–Kier alpha value is -0.920. The molecule has 0 radical (unpaired) electrons. The highest BCUT2D eigenvalue weighted by Gasteiger charge is 2.18. The zero-order valence-corrected chi connectivity index (χ0v) is 11.6. The van der Waals surface area contributed by atoms with E-state index in [1.807, 2.05) is 13.8 Å². The zero-order valence-electron chi connectivity index (χ0n) is 10.0. The van der Waals surface area contributed by atoms with E-state index in [4.69, 9.17) is 5.14 Å². The topological polar surface area (TPSA) is 80.5 Å². The summed E-state index contributed by atoms with van der Waals surface area (Å²) in [6.07, 6.45) is 0. The van der Waals surface area contributed by atoms with Crippen LogP contribution in [0.4, 0.5) is 0 Å². The molecule has 0 saturated carbocycles. The molecular weight excluding hydrogens is 260 g/mol. The first-order chi connectivity index (χ1) is 7.71. The van der Waals surface area contributed by atoms with E-state index in [1.54, 1.807) is 11.9 Å². The lowest BCUT2D eigenvalue weighted by molar-refractivity contribution is 0.0779. The van der Waals surface area contributed by atoms with Crippen LogP contribution >= 0.6 is 11.3 Å². The molecule has 0 unspecified atom stereocenters. The van der Waals surface area contributed by atoms with Crippen LogP contribution < -0.4 is 5.14 Å². The molecule has 0 aromatic carbocycles. The summed E-state index contributed by atoms with van der Waals surface area (Å²) in [5, 5.41) is 6.50. The first-order valence-corrected chi connectivity index (χ1v) is 7.51. The molecule has 0 aliphatic heterocycles. The molecule has 1 heterocycles. The van der Waals surface area contributed by atoms with Gasteiger partial charge in [-0.05, 0) is 12.0 Å². The molecule has 0 aliphatic carbocycles. The molecule has 0 fully saturated rings. The Balaban J connectivity index is 2.88. The largest absolute Gasteiger partial charge is 0.341 e. The minimum absolute atomic E-state index is 0.0128. The molecule has 0 spiro atoms. The number of nitrogens with zero attached hydrogens (tertiary/aromatic N) is 1. The van der Waals surface area contributed by atoms with Crippen LogP contribution in [0.15, 0.2) is 15.7 Å². The van der Waals surface area contributed by atoms with Crippen molar-refractivity contribution in [2.75, 3.05) is 13.6 Å². The summed E-state index contributed by atoms with van der Waals surface area (Å²) >= 11 is 0.961. The molecule has 0 bridgehead atoms. The van der Waals surface area contributed by atoms with Crippen molar-refractivity contribution in [3.8, 4) is 0 Å². The smallest absolute Gasteiger partial charge is 0.254 e. The number of hydrogen-bond donors (Lipinski definition) is 1. The molecular formula is C10H16N2O3S2. The molecule has 7 heteroatoms. The molecule has 1 aromatic heterocycles. The van der Waals surface area contributed by atoms with Crippen molar-refractivity contribution in [3.63, 3.8) is 0 Å². The Morgan fingerprint density at radius 3 is 2.53 bits per heavy atom. The van der Waals surface area contributed by atoms with Crippen LogP contribution in [0, 0.1) is 5.92 Å². The van der Waals surface area contributed by atoms with Crippen molar-refractivity contribution in [2.24, 2.45) is 11.1 Å². The molecule has 1 aromatic rings. The van der Waals surface area contributed by atoms with Crippen LogP contribution in [0.1, 0.15) is 24.2 Å². The van der Waals surface area contributed by atoms with E-state index in [-0.39, 0.29) is 10.1 Å². The summed E-state index contributed by atoms with van der Waals surface area (Å²) in [7, 11) is -2.03. The van der Waals surface area contributed by atoms with E-state index in [0.717, 1.165) is 11.3 Å². The lowest BCUT2D eigenvalue weighted by atomic mass is 10.2. The second-order valence-corrected chi connectivity index (χ2v) is 6.98. The number of rotatable bonds is 4. The maximum Gasteiger partial charge on any atom is 0.254 e. The van der Waals surface area contributed by atoms with Gasteiger partial charge in [-0.25, -0.2) is 13.6 Å². The van der Waals surface area contributed by atoms with Gasteiger partial charge < -0.3 is 4.90 Å². The number of nitrogens with two attached hydrogens (primary N) is 1. The van der Waals surface area contributed by atoms with Crippen molar-refractivity contribution in [1.82, 2.24) is 4.90 Å². The van der Waals surface area contributed by atoms with Gasteiger partial charge in [0.1, 0.15) is 4.21 Å². The van der Waals surface area contributed by atoms with Gasteiger partial charge in [-0.1, -0.05) is 13.8 Å². The first-order valence-electron chi connectivity index (χ1n) is 5.08. The van der Waals surface area contributed by atoms with Crippen molar-refractivity contribution in [2.45, 2.75) is 18.1 Å². The lowest BCUT2D eigenvalue weighted by Crippen LogP contribution is -2.29. The van der Waals surface area contributed by atoms with E-state index in [0.29, 0.717) is 18.0 Å². The maximum absolute atomic E-state index is 11.9. The Bertz CT molecular complexity index is 505. The summed E-state index contributed by atoms with van der Waals surface area (Å²) < 4.78 is 22.2. The fraction of sp³-hybridized carbons (Fsp3) is 0.500. The first kappa shape index (κ1) is 14.1. The van der Waals surface area contributed by atoms with Crippen molar-refractivity contribution in [1.29, 1.82) is 0 Å². The van der Waals surface area contributed by atoms with E-state index in [2.05, 4.69) is 0 Å². The third kappa shape index (κ3) is 3.79. The van der Waals surface area contributed by atoms with Gasteiger partial charge in [-0.2, -0.15) is 0 Å². The molecule has 0 aliphatic rings. The normalized spacial score (nSPS) is 11.8. The minimum Gasteiger partial charge on any atom is -0.341 e. The molecule has 0 saturated heterocycles. The van der Waals surface area contributed by atoms with Gasteiger partial charge in [0.05, 0.1) is 5.56 Å². The van der Waals surface area contributed by atoms with Gasteiger partial charge in [0.2, 0.25) is 10.0 Å². The number of thiophene rings is 1. The van der Waals surface area contributed by atoms with Gasteiger partial charge in [0.25, 0.3) is 5.91 Å². The maximum atomic E-state index is 11.9. The average Bonchev–Trinajstić information content (AvgIpc) is 2.63. The number of carbonyl (C=O) groups is 1. The number of carbonyl (C=O) groups excluding carboxylic acids is 1. The second kappa shape index (κ2) is 5.16. The summed E-state index contributed by atoms with van der Waals surface area (Å²) in [6.45, 7) is 4.64. The van der Waals surface area contributed by atoms with Crippen LogP contribution in [-0.4, -0.2) is 32.8 Å². The summed E-state index contributed by atoms with van der Waals surface area (Å²) in [5.41, 5.74) is 0.363. The predicted octanol–water partition coefficient (Wildman–Crippen LogP) is 1.12. The van der Waals surface area contributed by atoms with E-state index >= 15 is 0 Å². The molecule has 5 nitrogen and oxygen atoms in total. The highest BCUT2D eigenvalue weighted by atomic mass is 32.2. The average molecular weight is 276 g/mol. The summed E-state index contributed by atoms with van der Waals surface area (Å²) in [5.74, 6) is 0.171. The Kier molecular flexibility index (Phi) is 4.29. The third-order valence-electron chi connectivity index (χ3n) is 2.09. The van der Waals surface area contributed by atoms with Gasteiger partial charge in [0, 0.05) is 19.0 Å². The number of amides is 1. The molecule has 1 amide bonds. The SMILES string of the molecule is CC(C)CN(C)C(=O)c1csc(S(N)(=O)=O)c1. The van der Waals surface area contributed by atoms with Crippen molar-refractivity contribution >= 4 is 27.3 Å². The fourth-order valence-corrected chi connectivity index (χ4v) is 3.01. The highest BCUT2D eigenvalue weighted by Crippen LogP contribution is 2.20. The molecule has 96 valence electrons. The van der Waals surface area contributed by atoms with E-state index < -0.39 is 10.0 Å². The molecule has 0 atom stereocenters. The van der Waals surface area contributed by atoms with Crippen LogP contribution in [0.5, 0.6) is 0 Å². The van der Waals surface area contributed by atoms with Gasteiger partial charge in [-0.15, -0.1) is 11.3 Å². The number of sulfonamides is 1. The molecule has 1 rings (SSSR count). The number of primary sulfonamides is 1. The Morgan fingerprint density at radius 1 is 1.53 bits per heavy atom. The Morgan fingerprint density at radius 2 is 2.12 bits per heavy atom. The van der Waals surface area contributed by atoms with Crippen molar-refractivity contribution < 1.29 is 13.2 Å². The monoisotopic (exact) mass is 276 g/mol.